The third-order valence-corrected chi connectivity index (χ3v) is 6.06. The highest BCUT2D eigenvalue weighted by Gasteiger charge is 2.53. The van der Waals surface area contributed by atoms with Crippen molar-refractivity contribution < 1.29 is 27.5 Å². The quantitative estimate of drug-likeness (QED) is 0.425. The number of aromatic nitrogens is 2. The van der Waals surface area contributed by atoms with E-state index in [0.717, 1.165) is 28.5 Å². The highest BCUT2D eigenvalue weighted by molar-refractivity contribution is 6.05. The number of carbonyl (C=O) groups is 2. The number of alkyl halides is 2. The van der Waals surface area contributed by atoms with Crippen LogP contribution in [-0.2, 0) is 35.1 Å². The number of alkyl carbamates (subject to hydrolysis) is 1. The lowest BCUT2D eigenvalue weighted by Crippen LogP contribution is -2.35. The van der Waals surface area contributed by atoms with E-state index in [1.165, 1.54) is 6.07 Å². The zero-order valence-electron chi connectivity index (χ0n) is 21.6. The lowest BCUT2D eigenvalue weighted by molar-refractivity contribution is -0.141. The van der Waals surface area contributed by atoms with Crippen molar-refractivity contribution in [3.05, 3.63) is 59.2 Å². The van der Waals surface area contributed by atoms with Gasteiger partial charge >= 0.3 is 17.9 Å². The number of fused-ring (bicyclic) bond motifs is 2. The van der Waals surface area contributed by atoms with Gasteiger partial charge in [-0.05, 0) is 69.0 Å². The second-order valence-electron chi connectivity index (χ2n) is 10.7. The van der Waals surface area contributed by atoms with Gasteiger partial charge in [-0.2, -0.15) is 8.78 Å². The van der Waals surface area contributed by atoms with Crippen LogP contribution < -0.4 is 10.2 Å². The average molecular weight is 517 g/mol. The van der Waals surface area contributed by atoms with Gasteiger partial charge in [-0.3, -0.25) is 9.69 Å². The fourth-order valence-corrected chi connectivity index (χ4v) is 4.27. The zero-order valence-corrected chi connectivity index (χ0v) is 21.6. The van der Waals surface area contributed by atoms with Gasteiger partial charge in [0.15, 0.2) is 0 Å². The first kappa shape index (κ1) is 26.5. The summed E-state index contributed by atoms with van der Waals surface area (Å²) in [6, 6.07) is 8.49. The molecule has 1 aromatic heterocycles. The maximum Gasteiger partial charge on any atom is 0.407 e. The molecule has 0 aliphatic carbocycles. The number of rotatable bonds is 7. The van der Waals surface area contributed by atoms with Gasteiger partial charge in [-0.15, -0.1) is 0 Å². The van der Waals surface area contributed by atoms with Crippen molar-refractivity contribution in [2.24, 2.45) is 5.92 Å². The minimum atomic E-state index is -3.81. The Balaban J connectivity index is 1.65. The molecule has 2 amide bonds. The number of halogens is 3. The lowest BCUT2D eigenvalue weighted by Gasteiger charge is -2.19. The van der Waals surface area contributed by atoms with Crippen molar-refractivity contribution in [1.82, 2.24) is 14.9 Å². The number of aryl methyl sites for hydroxylation is 1. The molecule has 0 atom stereocenters. The van der Waals surface area contributed by atoms with E-state index in [9.17, 15) is 22.8 Å². The monoisotopic (exact) mass is 516 g/mol. The van der Waals surface area contributed by atoms with Gasteiger partial charge < -0.3 is 14.6 Å². The standard InChI is InChI=1S/C27H31F3N4O3/c1-16(2)10-11-33-22-8-6-17(14-31-25(36)37-26(3,4)5)12-20(22)32-23(33)15-34-21-9-7-18(28)13-19(21)27(29,30)24(34)35/h6-9,12-13,16H,10-11,14-15H2,1-5H3,(H,31,36). The number of hydrogen-bond acceptors (Lipinski definition) is 4. The fourth-order valence-electron chi connectivity index (χ4n) is 4.27. The zero-order chi connectivity index (χ0) is 27.1. The molecule has 0 saturated carbocycles. The van der Waals surface area contributed by atoms with Crippen LogP contribution in [0.25, 0.3) is 11.0 Å². The molecule has 10 heteroatoms. The molecule has 0 radical (unpaired) electrons. The Labute approximate surface area is 213 Å². The van der Waals surface area contributed by atoms with E-state index in [0.29, 0.717) is 29.9 Å². The number of ether oxygens (including phenoxy) is 1. The summed E-state index contributed by atoms with van der Waals surface area (Å²) in [5.74, 6) is -5.23. The van der Waals surface area contributed by atoms with Gasteiger partial charge in [0.25, 0.3) is 0 Å². The molecule has 0 spiro atoms. The Morgan fingerprint density at radius 2 is 1.89 bits per heavy atom. The van der Waals surface area contributed by atoms with Crippen molar-refractivity contribution in [3.63, 3.8) is 0 Å². The SMILES string of the molecule is CC(C)CCn1c(CN2C(=O)C(F)(F)c3cc(F)ccc32)nc2cc(CNC(=O)OC(C)(C)C)ccc21. The van der Waals surface area contributed by atoms with E-state index in [-0.39, 0.29) is 18.8 Å². The van der Waals surface area contributed by atoms with E-state index < -0.39 is 34.9 Å². The predicted molar refractivity (Wildman–Crippen MR) is 134 cm³/mol. The summed E-state index contributed by atoms with van der Waals surface area (Å²) in [7, 11) is 0. The minimum absolute atomic E-state index is 0.0267. The molecule has 1 aliphatic rings. The van der Waals surface area contributed by atoms with Crippen molar-refractivity contribution in [2.75, 3.05) is 4.90 Å². The number of anilines is 1. The molecule has 1 aliphatic heterocycles. The van der Waals surface area contributed by atoms with E-state index in [1.807, 2.05) is 22.8 Å². The first-order chi connectivity index (χ1) is 17.3. The van der Waals surface area contributed by atoms with Crippen LogP contribution in [0.3, 0.4) is 0 Å². The molecule has 2 aromatic carbocycles. The molecule has 1 N–H and O–H groups in total. The second kappa shape index (κ2) is 9.72. The molecule has 2 heterocycles. The Bertz CT molecular complexity index is 1340. The van der Waals surface area contributed by atoms with Gasteiger partial charge in [0, 0.05) is 13.1 Å². The Morgan fingerprint density at radius 3 is 2.57 bits per heavy atom. The summed E-state index contributed by atoms with van der Waals surface area (Å²) < 4.78 is 50.3. The van der Waals surface area contributed by atoms with Crippen LogP contribution in [0.4, 0.5) is 23.7 Å². The van der Waals surface area contributed by atoms with Crippen LogP contribution in [-0.4, -0.2) is 27.2 Å². The molecule has 37 heavy (non-hydrogen) atoms. The van der Waals surface area contributed by atoms with Crippen LogP contribution in [0.15, 0.2) is 36.4 Å². The fraction of sp³-hybridized carbons (Fsp3) is 0.444. The van der Waals surface area contributed by atoms with Crippen LogP contribution in [0, 0.1) is 11.7 Å². The third kappa shape index (κ3) is 5.57. The molecule has 0 fully saturated rings. The number of nitrogens with zero attached hydrogens (tertiary/aromatic N) is 3. The van der Waals surface area contributed by atoms with Gasteiger partial charge in [0.05, 0.1) is 28.8 Å². The second-order valence-corrected chi connectivity index (χ2v) is 10.7. The van der Waals surface area contributed by atoms with E-state index in [2.05, 4.69) is 24.1 Å². The smallest absolute Gasteiger partial charge is 0.407 e. The van der Waals surface area contributed by atoms with Crippen molar-refractivity contribution in [3.8, 4) is 0 Å². The maximum absolute atomic E-state index is 14.7. The first-order valence-corrected chi connectivity index (χ1v) is 12.2. The van der Waals surface area contributed by atoms with Gasteiger partial charge in [-0.25, -0.2) is 14.2 Å². The molecule has 0 bridgehead atoms. The summed E-state index contributed by atoms with van der Waals surface area (Å²) >= 11 is 0. The average Bonchev–Trinajstić information content (AvgIpc) is 3.22. The number of carbonyl (C=O) groups excluding carboxylic acids is 2. The van der Waals surface area contributed by atoms with E-state index in [1.54, 1.807) is 20.8 Å². The normalized spacial score (nSPS) is 14.9. The molecule has 3 aromatic rings. The number of amides is 2. The molecular weight excluding hydrogens is 485 g/mol. The largest absolute Gasteiger partial charge is 0.444 e. The van der Waals surface area contributed by atoms with Crippen LogP contribution in [0.1, 0.15) is 58.0 Å². The van der Waals surface area contributed by atoms with Crippen LogP contribution >= 0.6 is 0 Å². The Morgan fingerprint density at radius 1 is 1.16 bits per heavy atom. The summed E-state index contributed by atoms with van der Waals surface area (Å²) in [6.45, 7) is 10.1. The predicted octanol–water partition coefficient (Wildman–Crippen LogP) is 5.88. The number of hydrogen-bond donors (Lipinski definition) is 1. The lowest BCUT2D eigenvalue weighted by atomic mass is 10.1. The van der Waals surface area contributed by atoms with E-state index in [4.69, 9.17) is 4.74 Å². The maximum atomic E-state index is 14.7. The van der Waals surface area contributed by atoms with Crippen LogP contribution in [0.5, 0.6) is 0 Å². The summed E-state index contributed by atoms with van der Waals surface area (Å²) in [5.41, 5.74) is 0.892. The minimum Gasteiger partial charge on any atom is -0.444 e. The summed E-state index contributed by atoms with van der Waals surface area (Å²) in [5, 5.41) is 2.71. The van der Waals surface area contributed by atoms with Gasteiger partial charge in [0.2, 0.25) is 0 Å². The Hall–Kier alpha value is -3.56. The topological polar surface area (TPSA) is 76.5 Å². The van der Waals surface area contributed by atoms with Crippen molar-refractivity contribution in [1.29, 1.82) is 0 Å². The first-order valence-electron chi connectivity index (χ1n) is 12.2. The number of benzene rings is 2. The molecular formula is C27H31F3N4O3. The summed E-state index contributed by atoms with van der Waals surface area (Å²) in [6.07, 6.45) is 0.270. The number of imidazole rings is 1. The van der Waals surface area contributed by atoms with Crippen molar-refractivity contribution in [2.45, 2.75) is 72.2 Å². The van der Waals surface area contributed by atoms with Crippen LogP contribution in [0.2, 0.25) is 0 Å². The number of nitrogens with one attached hydrogen (secondary N) is 1. The molecule has 7 nitrogen and oxygen atoms in total. The van der Waals surface area contributed by atoms with Gasteiger partial charge in [0.1, 0.15) is 17.2 Å². The highest BCUT2D eigenvalue weighted by atomic mass is 19.3. The summed E-state index contributed by atoms with van der Waals surface area (Å²) in [4.78, 5) is 30.3. The molecule has 0 saturated heterocycles. The molecule has 198 valence electrons. The Kier molecular flexibility index (Phi) is 6.96. The van der Waals surface area contributed by atoms with Gasteiger partial charge in [-0.1, -0.05) is 19.9 Å². The molecule has 0 unspecified atom stereocenters. The molecule has 4 rings (SSSR count). The highest BCUT2D eigenvalue weighted by Crippen LogP contribution is 2.45. The van der Waals surface area contributed by atoms with E-state index >= 15 is 0 Å². The van der Waals surface area contributed by atoms with Crippen molar-refractivity contribution >= 4 is 28.7 Å². The third-order valence-electron chi connectivity index (χ3n) is 6.06.